The van der Waals surface area contributed by atoms with Gasteiger partial charge in [0.25, 0.3) is 0 Å². The Bertz CT molecular complexity index is 216. The zero-order valence-corrected chi connectivity index (χ0v) is 9.61. The summed E-state index contributed by atoms with van der Waals surface area (Å²) in [6, 6.07) is 0. The number of carbonyl (C=O) groups excluding carboxylic acids is 1. The summed E-state index contributed by atoms with van der Waals surface area (Å²) in [5.41, 5.74) is 0. The maximum absolute atomic E-state index is 12.7. The molecule has 0 aromatic rings. The predicted molar refractivity (Wildman–Crippen MR) is 53.9 cm³/mol. The number of Topliss-reactive ketones (excluding diaryl/α,β-unsaturated/α-hetero) is 1. The third-order valence-corrected chi connectivity index (χ3v) is 2.66. The average Bonchev–Trinajstić information content (AvgIpc) is 2.23. The molecule has 0 saturated heterocycles. The van der Waals surface area contributed by atoms with Gasteiger partial charge < -0.3 is 0 Å². The summed E-state index contributed by atoms with van der Waals surface area (Å²) in [6.07, 6.45) is -1.43. The summed E-state index contributed by atoms with van der Waals surface area (Å²) in [6.45, 7) is 3.72. The standard InChI is InChI=1S/C11H18F4O/c1-3-5-6-8(4-2)7-9(16)11(14,15)10(12)13/h8,10H,3-7H2,1-2H3. The van der Waals surface area contributed by atoms with Crippen LogP contribution < -0.4 is 0 Å². The fourth-order valence-corrected chi connectivity index (χ4v) is 1.46. The third kappa shape index (κ3) is 4.49. The van der Waals surface area contributed by atoms with Gasteiger partial charge in [0.2, 0.25) is 5.78 Å². The fourth-order valence-electron chi connectivity index (χ4n) is 1.46. The minimum absolute atomic E-state index is 0.211. The topological polar surface area (TPSA) is 17.1 Å². The molecule has 0 N–H and O–H groups in total. The Morgan fingerprint density at radius 1 is 1.25 bits per heavy atom. The van der Waals surface area contributed by atoms with Crippen LogP contribution in [0.15, 0.2) is 0 Å². The van der Waals surface area contributed by atoms with Crippen LogP contribution >= 0.6 is 0 Å². The number of carbonyl (C=O) groups is 1. The molecule has 0 aliphatic rings. The van der Waals surface area contributed by atoms with Gasteiger partial charge in [-0.3, -0.25) is 4.79 Å². The summed E-state index contributed by atoms with van der Waals surface area (Å²) in [5, 5.41) is 0. The maximum atomic E-state index is 12.7. The van der Waals surface area contributed by atoms with E-state index in [9.17, 15) is 22.4 Å². The molecule has 0 saturated carbocycles. The lowest BCUT2D eigenvalue weighted by molar-refractivity contribution is -0.168. The first kappa shape index (κ1) is 15.4. The smallest absolute Gasteiger partial charge is 0.293 e. The zero-order chi connectivity index (χ0) is 12.8. The lowest BCUT2D eigenvalue weighted by atomic mass is 9.92. The third-order valence-electron chi connectivity index (χ3n) is 2.66. The van der Waals surface area contributed by atoms with Crippen molar-refractivity contribution in [3.63, 3.8) is 0 Å². The molecule has 1 nitrogen and oxygen atoms in total. The first-order valence-electron chi connectivity index (χ1n) is 5.55. The van der Waals surface area contributed by atoms with Gasteiger partial charge in [-0.05, 0) is 5.92 Å². The summed E-state index contributed by atoms with van der Waals surface area (Å²) in [5.74, 6) is -6.33. The van der Waals surface area contributed by atoms with E-state index in [0.717, 1.165) is 12.8 Å². The number of halogens is 4. The number of unbranched alkanes of at least 4 members (excludes halogenated alkanes) is 1. The minimum Gasteiger partial charge on any atom is -0.293 e. The second-order valence-corrected chi connectivity index (χ2v) is 3.97. The van der Waals surface area contributed by atoms with Crippen LogP contribution in [0.25, 0.3) is 0 Å². The number of hydrogen-bond donors (Lipinski definition) is 0. The van der Waals surface area contributed by atoms with Crippen LogP contribution in [0.3, 0.4) is 0 Å². The van der Waals surface area contributed by atoms with Gasteiger partial charge in [-0.2, -0.15) is 8.78 Å². The van der Waals surface area contributed by atoms with Gasteiger partial charge in [-0.1, -0.05) is 39.5 Å². The first-order chi connectivity index (χ1) is 7.36. The Kier molecular flexibility index (Phi) is 6.60. The van der Waals surface area contributed by atoms with Gasteiger partial charge >= 0.3 is 12.3 Å². The molecule has 0 fully saturated rings. The molecule has 0 bridgehead atoms. The molecule has 96 valence electrons. The molecule has 0 aliphatic heterocycles. The van der Waals surface area contributed by atoms with E-state index in [1.807, 2.05) is 6.92 Å². The molecule has 0 rings (SSSR count). The Hall–Kier alpha value is -0.610. The van der Waals surface area contributed by atoms with Crippen molar-refractivity contribution in [2.75, 3.05) is 0 Å². The van der Waals surface area contributed by atoms with Crippen LogP contribution in [0.5, 0.6) is 0 Å². The highest BCUT2D eigenvalue weighted by molar-refractivity contribution is 5.86. The molecule has 0 spiro atoms. The van der Waals surface area contributed by atoms with Crippen LogP contribution in [-0.4, -0.2) is 18.1 Å². The zero-order valence-electron chi connectivity index (χ0n) is 9.61. The quantitative estimate of drug-likeness (QED) is 0.586. The summed E-state index contributed by atoms with van der Waals surface area (Å²) in [7, 11) is 0. The molecule has 1 unspecified atom stereocenters. The average molecular weight is 242 g/mol. The Morgan fingerprint density at radius 2 is 1.81 bits per heavy atom. The molecule has 0 aromatic carbocycles. The second-order valence-electron chi connectivity index (χ2n) is 3.97. The van der Waals surface area contributed by atoms with Crippen molar-refractivity contribution in [2.45, 2.75) is 58.3 Å². The van der Waals surface area contributed by atoms with Gasteiger partial charge in [0, 0.05) is 6.42 Å². The summed E-state index contributed by atoms with van der Waals surface area (Å²) in [4.78, 5) is 11.0. The molecule has 0 aromatic heterocycles. The minimum atomic E-state index is -4.49. The van der Waals surface area contributed by atoms with Gasteiger partial charge in [0.15, 0.2) is 0 Å². The molecule has 0 amide bonds. The monoisotopic (exact) mass is 242 g/mol. The molecule has 0 heterocycles. The highest BCUT2D eigenvalue weighted by atomic mass is 19.3. The van der Waals surface area contributed by atoms with Crippen molar-refractivity contribution < 1.29 is 22.4 Å². The van der Waals surface area contributed by atoms with Crippen molar-refractivity contribution in [1.29, 1.82) is 0 Å². The SMILES string of the molecule is CCCCC(CC)CC(=O)C(F)(F)C(F)F. The van der Waals surface area contributed by atoms with Crippen LogP contribution in [0.4, 0.5) is 17.6 Å². The lowest BCUT2D eigenvalue weighted by Gasteiger charge is -2.18. The van der Waals surface area contributed by atoms with Crippen molar-refractivity contribution in [3.8, 4) is 0 Å². The predicted octanol–water partition coefficient (Wildman–Crippen LogP) is 4.06. The molecule has 1 atom stereocenters. The fraction of sp³-hybridized carbons (Fsp3) is 0.909. The second kappa shape index (κ2) is 6.86. The lowest BCUT2D eigenvalue weighted by Crippen LogP contribution is -2.37. The summed E-state index contributed by atoms with van der Waals surface area (Å²) >= 11 is 0. The maximum Gasteiger partial charge on any atom is 0.364 e. The van der Waals surface area contributed by atoms with Crippen molar-refractivity contribution in [3.05, 3.63) is 0 Å². The first-order valence-corrected chi connectivity index (χ1v) is 5.55. The van der Waals surface area contributed by atoms with Crippen LogP contribution in [0.2, 0.25) is 0 Å². The van der Waals surface area contributed by atoms with E-state index in [2.05, 4.69) is 0 Å². The normalized spacial score (nSPS) is 14.2. The van der Waals surface area contributed by atoms with Crippen LogP contribution in [0, 0.1) is 5.92 Å². The highest BCUT2D eigenvalue weighted by Gasteiger charge is 2.48. The van der Waals surface area contributed by atoms with Crippen LogP contribution in [-0.2, 0) is 4.79 Å². The van der Waals surface area contributed by atoms with E-state index < -0.39 is 24.6 Å². The molecular weight excluding hydrogens is 224 g/mol. The van der Waals surface area contributed by atoms with Gasteiger partial charge in [-0.25, -0.2) is 8.78 Å². The molecule has 5 heteroatoms. The van der Waals surface area contributed by atoms with Gasteiger partial charge in [0.1, 0.15) is 0 Å². The van der Waals surface area contributed by atoms with E-state index in [4.69, 9.17) is 0 Å². The molecule has 0 aliphatic carbocycles. The van der Waals surface area contributed by atoms with Gasteiger partial charge in [-0.15, -0.1) is 0 Å². The van der Waals surface area contributed by atoms with Crippen molar-refractivity contribution in [1.82, 2.24) is 0 Å². The highest BCUT2D eigenvalue weighted by Crippen LogP contribution is 2.28. The van der Waals surface area contributed by atoms with Crippen molar-refractivity contribution in [2.24, 2.45) is 5.92 Å². The molecule has 16 heavy (non-hydrogen) atoms. The van der Waals surface area contributed by atoms with Crippen LogP contribution in [0.1, 0.15) is 46.0 Å². The molecule has 0 radical (unpaired) electrons. The van der Waals surface area contributed by atoms with Crippen molar-refractivity contribution >= 4 is 5.78 Å². The van der Waals surface area contributed by atoms with E-state index in [0.29, 0.717) is 12.8 Å². The van der Waals surface area contributed by atoms with E-state index in [1.54, 1.807) is 6.92 Å². The van der Waals surface area contributed by atoms with E-state index >= 15 is 0 Å². The Morgan fingerprint density at radius 3 is 2.19 bits per heavy atom. The molecular formula is C11H18F4O. The number of hydrogen-bond acceptors (Lipinski definition) is 1. The number of ketones is 1. The van der Waals surface area contributed by atoms with E-state index in [-0.39, 0.29) is 5.92 Å². The summed E-state index contributed by atoms with van der Waals surface area (Å²) < 4.78 is 49.1. The number of rotatable bonds is 8. The largest absolute Gasteiger partial charge is 0.364 e. The van der Waals surface area contributed by atoms with E-state index in [1.165, 1.54) is 0 Å². The number of alkyl halides is 4. The van der Waals surface area contributed by atoms with Gasteiger partial charge in [0.05, 0.1) is 0 Å². The Labute approximate surface area is 93.2 Å². The Balaban J connectivity index is 4.29.